The molecule has 0 aromatic heterocycles. The van der Waals surface area contributed by atoms with Crippen molar-refractivity contribution in [3.63, 3.8) is 0 Å². The van der Waals surface area contributed by atoms with E-state index in [1.54, 1.807) is 24.3 Å². The molecule has 5 heteroatoms. The fourth-order valence-corrected chi connectivity index (χ4v) is 3.74. The van der Waals surface area contributed by atoms with Crippen LogP contribution < -0.4 is 0 Å². The normalized spacial score (nSPS) is 18.9. The van der Waals surface area contributed by atoms with E-state index in [0.29, 0.717) is 43.5 Å². The standard InChI is InChI=1S/C20H25ClN2O2/c21-18-8-5-16(6-9-18)7-10-19(24)22-11-13-23(14-12-22)20(25)15-17-3-1-2-4-17/h5-10,17H,1-4,11-15H2/b10-7+. The molecule has 1 aromatic carbocycles. The highest BCUT2D eigenvalue weighted by molar-refractivity contribution is 6.30. The summed E-state index contributed by atoms with van der Waals surface area (Å²) in [5.74, 6) is 0.836. The van der Waals surface area contributed by atoms with Gasteiger partial charge in [-0.25, -0.2) is 0 Å². The molecule has 1 heterocycles. The van der Waals surface area contributed by atoms with E-state index in [1.165, 1.54) is 25.7 Å². The Hall–Kier alpha value is -1.81. The lowest BCUT2D eigenvalue weighted by molar-refractivity contribution is -0.137. The number of hydrogen-bond acceptors (Lipinski definition) is 2. The van der Waals surface area contributed by atoms with Gasteiger partial charge in [0.1, 0.15) is 0 Å². The number of benzene rings is 1. The Kier molecular flexibility index (Phi) is 6.14. The van der Waals surface area contributed by atoms with Crippen LogP contribution in [-0.2, 0) is 9.59 Å². The molecular formula is C20H25ClN2O2. The first kappa shape index (κ1) is 18.0. The van der Waals surface area contributed by atoms with Gasteiger partial charge in [0.15, 0.2) is 0 Å². The molecule has 0 radical (unpaired) electrons. The first-order valence-corrected chi connectivity index (χ1v) is 9.50. The summed E-state index contributed by atoms with van der Waals surface area (Å²) in [5, 5.41) is 0.682. The summed E-state index contributed by atoms with van der Waals surface area (Å²) < 4.78 is 0. The van der Waals surface area contributed by atoms with Crippen LogP contribution in [0.15, 0.2) is 30.3 Å². The maximum Gasteiger partial charge on any atom is 0.246 e. The summed E-state index contributed by atoms with van der Waals surface area (Å²) in [6.07, 6.45) is 9.00. The summed E-state index contributed by atoms with van der Waals surface area (Å²) >= 11 is 5.86. The van der Waals surface area contributed by atoms with Gasteiger partial charge in [0.2, 0.25) is 11.8 Å². The van der Waals surface area contributed by atoms with Crippen molar-refractivity contribution in [3.05, 3.63) is 40.9 Å². The number of nitrogens with zero attached hydrogens (tertiary/aromatic N) is 2. The van der Waals surface area contributed by atoms with Crippen LogP contribution in [0.5, 0.6) is 0 Å². The Morgan fingerprint density at radius 3 is 2.24 bits per heavy atom. The first-order chi connectivity index (χ1) is 12.1. The number of piperazine rings is 1. The predicted octanol–water partition coefficient (Wildman–Crippen LogP) is 3.60. The van der Waals surface area contributed by atoms with E-state index < -0.39 is 0 Å². The zero-order valence-electron chi connectivity index (χ0n) is 14.5. The third-order valence-corrected chi connectivity index (χ3v) is 5.42. The number of rotatable bonds is 4. The molecule has 3 rings (SSSR count). The van der Waals surface area contributed by atoms with Crippen LogP contribution in [0, 0.1) is 5.92 Å². The molecule has 0 bridgehead atoms. The summed E-state index contributed by atoms with van der Waals surface area (Å²) in [6.45, 7) is 2.51. The average molecular weight is 361 g/mol. The molecule has 2 amide bonds. The van der Waals surface area contributed by atoms with Crippen molar-refractivity contribution in [2.24, 2.45) is 5.92 Å². The van der Waals surface area contributed by atoms with E-state index in [4.69, 9.17) is 11.6 Å². The maximum absolute atomic E-state index is 12.4. The van der Waals surface area contributed by atoms with E-state index >= 15 is 0 Å². The minimum absolute atomic E-state index is 0.00200. The monoisotopic (exact) mass is 360 g/mol. The largest absolute Gasteiger partial charge is 0.339 e. The van der Waals surface area contributed by atoms with E-state index in [9.17, 15) is 9.59 Å². The second kappa shape index (κ2) is 8.52. The predicted molar refractivity (Wildman–Crippen MR) is 100 cm³/mol. The Balaban J connectivity index is 1.45. The topological polar surface area (TPSA) is 40.6 Å². The second-order valence-corrected chi connectivity index (χ2v) is 7.38. The second-order valence-electron chi connectivity index (χ2n) is 6.95. The maximum atomic E-state index is 12.4. The van der Waals surface area contributed by atoms with Gasteiger partial charge in [-0.2, -0.15) is 0 Å². The molecular weight excluding hydrogens is 336 g/mol. The quantitative estimate of drug-likeness (QED) is 0.770. The summed E-state index contributed by atoms with van der Waals surface area (Å²) in [6, 6.07) is 7.37. The van der Waals surface area contributed by atoms with Crippen LogP contribution in [0.2, 0.25) is 5.02 Å². The van der Waals surface area contributed by atoms with Gasteiger partial charge >= 0.3 is 0 Å². The average Bonchev–Trinajstić information content (AvgIpc) is 3.14. The first-order valence-electron chi connectivity index (χ1n) is 9.12. The van der Waals surface area contributed by atoms with Crippen molar-refractivity contribution in [3.8, 4) is 0 Å². The SMILES string of the molecule is O=C(/C=C/c1ccc(Cl)cc1)N1CCN(C(=O)CC2CCCC2)CC1. The lowest BCUT2D eigenvalue weighted by atomic mass is 10.0. The fraction of sp³-hybridized carbons (Fsp3) is 0.500. The third kappa shape index (κ3) is 5.08. The van der Waals surface area contributed by atoms with Gasteiger partial charge < -0.3 is 9.80 Å². The van der Waals surface area contributed by atoms with Crippen LogP contribution in [0.1, 0.15) is 37.7 Å². The lowest BCUT2D eigenvalue weighted by Gasteiger charge is -2.34. The molecule has 1 aromatic rings. The Bertz CT molecular complexity index is 628. The van der Waals surface area contributed by atoms with Crippen molar-refractivity contribution in [1.29, 1.82) is 0 Å². The molecule has 1 aliphatic heterocycles. The van der Waals surface area contributed by atoms with E-state index in [1.807, 2.05) is 21.9 Å². The van der Waals surface area contributed by atoms with Gasteiger partial charge in [0, 0.05) is 43.7 Å². The van der Waals surface area contributed by atoms with E-state index in [2.05, 4.69) is 0 Å². The van der Waals surface area contributed by atoms with Crippen molar-refractivity contribution >= 4 is 29.5 Å². The molecule has 0 unspecified atom stereocenters. The summed E-state index contributed by atoms with van der Waals surface area (Å²) in [4.78, 5) is 28.4. The van der Waals surface area contributed by atoms with Gasteiger partial charge in [-0.1, -0.05) is 36.6 Å². The number of halogens is 1. The van der Waals surface area contributed by atoms with Gasteiger partial charge in [0.05, 0.1) is 0 Å². The van der Waals surface area contributed by atoms with Crippen LogP contribution in [0.25, 0.3) is 6.08 Å². The zero-order chi connectivity index (χ0) is 17.6. The molecule has 2 aliphatic rings. The third-order valence-electron chi connectivity index (χ3n) is 5.17. The highest BCUT2D eigenvalue weighted by Gasteiger charge is 2.26. The van der Waals surface area contributed by atoms with Gasteiger partial charge in [-0.15, -0.1) is 0 Å². The molecule has 1 saturated carbocycles. The highest BCUT2D eigenvalue weighted by atomic mass is 35.5. The van der Waals surface area contributed by atoms with Crippen LogP contribution in [0.3, 0.4) is 0 Å². The molecule has 0 atom stereocenters. The van der Waals surface area contributed by atoms with Crippen molar-refractivity contribution < 1.29 is 9.59 Å². The number of carbonyl (C=O) groups excluding carboxylic acids is 2. The van der Waals surface area contributed by atoms with Crippen molar-refractivity contribution in [2.45, 2.75) is 32.1 Å². The molecule has 4 nitrogen and oxygen atoms in total. The van der Waals surface area contributed by atoms with Crippen molar-refractivity contribution in [1.82, 2.24) is 9.80 Å². The zero-order valence-corrected chi connectivity index (χ0v) is 15.3. The number of hydrogen-bond donors (Lipinski definition) is 0. The Labute approximate surface area is 154 Å². The highest BCUT2D eigenvalue weighted by Crippen LogP contribution is 2.28. The Morgan fingerprint density at radius 1 is 1.00 bits per heavy atom. The molecule has 134 valence electrons. The van der Waals surface area contributed by atoms with Gasteiger partial charge in [-0.3, -0.25) is 9.59 Å². The van der Waals surface area contributed by atoms with Gasteiger partial charge in [-0.05, 0) is 42.5 Å². The molecule has 25 heavy (non-hydrogen) atoms. The lowest BCUT2D eigenvalue weighted by Crippen LogP contribution is -2.50. The van der Waals surface area contributed by atoms with Crippen LogP contribution in [0.4, 0.5) is 0 Å². The molecule has 1 aliphatic carbocycles. The van der Waals surface area contributed by atoms with Gasteiger partial charge in [0.25, 0.3) is 0 Å². The minimum Gasteiger partial charge on any atom is -0.339 e. The molecule has 2 fully saturated rings. The molecule has 0 N–H and O–H groups in total. The smallest absolute Gasteiger partial charge is 0.246 e. The summed E-state index contributed by atoms with van der Waals surface area (Å²) in [5.41, 5.74) is 0.947. The minimum atomic E-state index is -0.00200. The molecule has 1 saturated heterocycles. The summed E-state index contributed by atoms with van der Waals surface area (Å²) in [7, 11) is 0. The number of amides is 2. The fourth-order valence-electron chi connectivity index (χ4n) is 3.61. The van der Waals surface area contributed by atoms with Crippen LogP contribution >= 0.6 is 11.6 Å². The van der Waals surface area contributed by atoms with Crippen LogP contribution in [-0.4, -0.2) is 47.8 Å². The van der Waals surface area contributed by atoms with Crippen molar-refractivity contribution in [2.75, 3.05) is 26.2 Å². The van der Waals surface area contributed by atoms with E-state index in [0.717, 1.165) is 5.56 Å². The molecule has 0 spiro atoms. The Morgan fingerprint density at radius 2 is 1.60 bits per heavy atom. The number of carbonyl (C=O) groups is 2. The van der Waals surface area contributed by atoms with E-state index in [-0.39, 0.29) is 11.8 Å².